The largest absolute Gasteiger partial charge is 0.493 e. The molecule has 7 rings (SSSR count). The molecule has 216 valence electrons. The molecule has 4 aromatic carbocycles. The average Bonchev–Trinajstić information content (AvgIpc) is 3.22. The quantitative estimate of drug-likeness (QED) is 0.225. The molecule has 2 aliphatic heterocycles. The maximum Gasteiger partial charge on any atom is 0.161 e. The van der Waals surface area contributed by atoms with Crippen LogP contribution in [0, 0.1) is 22.7 Å². The van der Waals surface area contributed by atoms with Crippen molar-refractivity contribution in [3.05, 3.63) is 133 Å². The second kappa shape index (κ2) is 10.7. The summed E-state index contributed by atoms with van der Waals surface area (Å²) in [4.78, 5) is 1.97. The molecular formula is C36H24Cl3N3O2. The lowest BCUT2D eigenvalue weighted by atomic mass is 9.61. The molecule has 1 spiro atoms. The van der Waals surface area contributed by atoms with E-state index in [1.807, 2.05) is 77.7 Å². The Morgan fingerprint density at radius 1 is 0.750 bits per heavy atom. The molecule has 0 radical (unpaired) electrons. The number of hydrogen-bond acceptors (Lipinski definition) is 5. The van der Waals surface area contributed by atoms with Crippen LogP contribution >= 0.6 is 34.8 Å². The van der Waals surface area contributed by atoms with Crippen molar-refractivity contribution in [2.24, 2.45) is 0 Å². The predicted molar refractivity (Wildman–Crippen MR) is 173 cm³/mol. The predicted octanol–water partition coefficient (Wildman–Crippen LogP) is 8.93. The molecule has 0 saturated carbocycles. The van der Waals surface area contributed by atoms with Gasteiger partial charge in [0.25, 0.3) is 0 Å². The van der Waals surface area contributed by atoms with E-state index in [2.05, 4.69) is 18.2 Å². The fourth-order valence-corrected chi connectivity index (χ4v) is 7.69. The second-order valence-corrected chi connectivity index (χ2v) is 12.3. The first-order valence-electron chi connectivity index (χ1n) is 14.0. The van der Waals surface area contributed by atoms with Gasteiger partial charge in [0.05, 0.1) is 31.3 Å². The first kappa shape index (κ1) is 28.4. The highest BCUT2D eigenvalue weighted by Gasteiger charge is 2.55. The lowest BCUT2D eigenvalue weighted by Gasteiger charge is -2.38. The molecule has 0 bridgehead atoms. The SMILES string of the molecule is COc1cc2c(cc1OC)C1=CC(c3ccc(Cl)cc3)C3(C(C#N)=C(C#N)N1CC2)c1cc(Cl)ccc1-c1ccc(Cl)cc13. The van der Waals surface area contributed by atoms with Crippen molar-refractivity contribution in [1.29, 1.82) is 10.5 Å². The number of nitrogens with zero attached hydrogens (tertiary/aromatic N) is 3. The molecule has 8 heteroatoms. The van der Waals surface area contributed by atoms with Crippen molar-refractivity contribution in [2.45, 2.75) is 17.8 Å². The molecule has 1 unspecified atom stereocenters. The Morgan fingerprint density at radius 2 is 1.34 bits per heavy atom. The van der Waals surface area contributed by atoms with E-state index in [0.29, 0.717) is 45.1 Å². The summed E-state index contributed by atoms with van der Waals surface area (Å²) in [5.41, 5.74) is 6.75. The van der Waals surface area contributed by atoms with E-state index in [1.165, 1.54) is 0 Å². The monoisotopic (exact) mass is 635 g/mol. The minimum atomic E-state index is -1.13. The summed E-state index contributed by atoms with van der Waals surface area (Å²) in [5, 5.41) is 23.7. The van der Waals surface area contributed by atoms with E-state index >= 15 is 0 Å². The van der Waals surface area contributed by atoms with E-state index in [9.17, 15) is 10.5 Å². The van der Waals surface area contributed by atoms with Gasteiger partial charge in [0.2, 0.25) is 0 Å². The van der Waals surface area contributed by atoms with Crippen LogP contribution in [0.3, 0.4) is 0 Å². The van der Waals surface area contributed by atoms with Gasteiger partial charge in [0, 0.05) is 38.8 Å². The van der Waals surface area contributed by atoms with E-state index in [4.69, 9.17) is 44.3 Å². The first-order valence-corrected chi connectivity index (χ1v) is 15.1. The van der Waals surface area contributed by atoms with E-state index in [0.717, 1.165) is 44.6 Å². The average molecular weight is 637 g/mol. The molecule has 0 aromatic heterocycles. The lowest BCUT2D eigenvalue weighted by Crippen LogP contribution is -2.35. The van der Waals surface area contributed by atoms with Gasteiger partial charge in [-0.2, -0.15) is 10.5 Å². The molecule has 1 aliphatic carbocycles. The minimum Gasteiger partial charge on any atom is -0.493 e. The molecule has 0 amide bonds. The number of halogens is 3. The Bertz CT molecular complexity index is 1970. The van der Waals surface area contributed by atoms with Crippen molar-refractivity contribution in [3.63, 3.8) is 0 Å². The third-order valence-corrected chi connectivity index (χ3v) is 9.75. The highest BCUT2D eigenvalue weighted by Crippen LogP contribution is 2.63. The van der Waals surface area contributed by atoms with Crippen LogP contribution in [0.25, 0.3) is 16.8 Å². The molecule has 4 aromatic rings. The van der Waals surface area contributed by atoms with Crippen LogP contribution in [0.5, 0.6) is 11.5 Å². The Hall–Kier alpha value is -4.39. The van der Waals surface area contributed by atoms with Crippen LogP contribution < -0.4 is 9.47 Å². The summed E-state index contributed by atoms with van der Waals surface area (Å²) in [6, 6.07) is 28.1. The van der Waals surface area contributed by atoms with E-state index in [1.54, 1.807) is 14.2 Å². The number of fused-ring (bicyclic) bond motifs is 8. The standard InChI is InChI=1S/C36H24Cl3N3O2/c1-43-34-13-21-11-12-42-32(27(21)16-35(34)44-2)17-28(20-3-5-22(37)6-4-20)36(31(18-40)33(42)19-41)29-14-23(38)7-9-25(29)26-10-8-24(39)15-30(26)36/h3-10,13-17,28H,11-12H2,1-2H3. The van der Waals surface area contributed by atoms with Gasteiger partial charge in [-0.25, -0.2) is 0 Å². The lowest BCUT2D eigenvalue weighted by molar-refractivity contribution is 0.353. The summed E-state index contributed by atoms with van der Waals surface area (Å²) >= 11 is 19.8. The molecular weight excluding hydrogens is 613 g/mol. The zero-order valence-corrected chi connectivity index (χ0v) is 26.1. The van der Waals surface area contributed by atoms with Crippen molar-refractivity contribution in [3.8, 4) is 34.8 Å². The topological polar surface area (TPSA) is 69.3 Å². The second-order valence-electron chi connectivity index (χ2n) is 11.0. The zero-order valence-electron chi connectivity index (χ0n) is 23.8. The van der Waals surface area contributed by atoms with E-state index in [-0.39, 0.29) is 5.70 Å². The molecule has 0 saturated heterocycles. The number of hydrogen-bond donors (Lipinski definition) is 0. The summed E-state index contributed by atoms with van der Waals surface area (Å²) in [7, 11) is 3.22. The van der Waals surface area contributed by atoms with Crippen LogP contribution in [0.15, 0.2) is 90.1 Å². The Labute approximate surface area is 270 Å². The maximum absolute atomic E-state index is 11.1. The third kappa shape index (κ3) is 3.98. The number of nitriles is 2. The molecule has 2 heterocycles. The van der Waals surface area contributed by atoms with Gasteiger partial charge in [-0.1, -0.05) is 65.1 Å². The molecule has 3 aliphatic rings. The number of ether oxygens (including phenoxy) is 2. The number of methoxy groups -OCH3 is 2. The van der Waals surface area contributed by atoms with Gasteiger partial charge >= 0.3 is 0 Å². The van der Waals surface area contributed by atoms with Gasteiger partial charge in [0.15, 0.2) is 11.5 Å². The zero-order chi connectivity index (χ0) is 30.7. The van der Waals surface area contributed by atoms with Gasteiger partial charge in [0.1, 0.15) is 11.8 Å². The molecule has 0 N–H and O–H groups in total. The smallest absolute Gasteiger partial charge is 0.161 e. The molecule has 44 heavy (non-hydrogen) atoms. The van der Waals surface area contributed by atoms with Crippen molar-refractivity contribution >= 4 is 40.5 Å². The summed E-state index contributed by atoms with van der Waals surface area (Å²) in [5.74, 6) is 0.749. The van der Waals surface area contributed by atoms with Gasteiger partial charge in [-0.05, 0) is 88.3 Å². The van der Waals surface area contributed by atoms with Crippen LogP contribution in [0.2, 0.25) is 15.1 Å². The molecule has 1 atom stereocenters. The Kier molecular flexibility index (Phi) is 6.87. The van der Waals surface area contributed by atoms with Crippen LogP contribution in [0.4, 0.5) is 0 Å². The number of rotatable bonds is 3. The van der Waals surface area contributed by atoms with Gasteiger partial charge in [-0.15, -0.1) is 0 Å². The van der Waals surface area contributed by atoms with Crippen molar-refractivity contribution in [2.75, 3.05) is 20.8 Å². The fraction of sp³-hybridized carbons (Fsp3) is 0.167. The van der Waals surface area contributed by atoms with Crippen LogP contribution in [0.1, 0.15) is 33.7 Å². The van der Waals surface area contributed by atoms with Crippen molar-refractivity contribution in [1.82, 2.24) is 4.90 Å². The fourth-order valence-electron chi connectivity index (χ4n) is 7.21. The molecule has 0 fully saturated rings. The van der Waals surface area contributed by atoms with Crippen LogP contribution in [-0.2, 0) is 11.8 Å². The summed E-state index contributed by atoms with van der Waals surface area (Å²) in [6.07, 6.45) is 2.82. The van der Waals surface area contributed by atoms with Gasteiger partial charge < -0.3 is 14.4 Å². The Morgan fingerprint density at radius 3 is 1.91 bits per heavy atom. The third-order valence-electron chi connectivity index (χ3n) is 9.02. The summed E-state index contributed by atoms with van der Waals surface area (Å²) < 4.78 is 11.3. The van der Waals surface area contributed by atoms with Gasteiger partial charge in [-0.3, -0.25) is 0 Å². The first-order chi connectivity index (χ1) is 21.3. The normalized spacial score (nSPS) is 17.4. The number of allylic oxidation sites excluding steroid dienone is 3. The van der Waals surface area contributed by atoms with E-state index < -0.39 is 11.3 Å². The van der Waals surface area contributed by atoms with Crippen LogP contribution in [-0.4, -0.2) is 25.7 Å². The van der Waals surface area contributed by atoms with Crippen molar-refractivity contribution < 1.29 is 9.47 Å². The highest BCUT2D eigenvalue weighted by atomic mass is 35.5. The minimum absolute atomic E-state index is 0.286. The maximum atomic E-state index is 11.1. The highest BCUT2D eigenvalue weighted by molar-refractivity contribution is 6.31. The number of benzene rings is 4. The summed E-state index contributed by atoms with van der Waals surface area (Å²) in [6.45, 7) is 0.497. The Balaban J connectivity index is 1.67. The molecule has 5 nitrogen and oxygen atoms in total.